The predicted octanol–water partition coefficient (Wildman–Crippen LogP) is 1.86. The van der Waals surface area contributed by atoms with Gasteiger partial charge in [0.15, 0.2) is 0 Å². The van der Waals surface area contributed by atoms with E-state index in [2.05, 4.69) is 36.3 Å². The predicted molar refractivity (Wildman–Crippen MR) is 105 cm³/mol. The highest BCUT2D eigenvalue weighted by atomic mass is 15.4. The Labute approximate surface area is 160 Å². The molecular formula is C19H30N8. The summed E-state index contributed by atoms with van der Waals surface area (Å²) >= 11 is 0. The Bertz CT molecular complexity index is 744. The Morgan fingerprint density at radius 2 is 1.89 bits per heavy atom. The van der Waals surface area contributed by atoms with Crippen molar-refractivity contribution in [1.29, 1.82) is 0 Å². The van der Waals surface area contributed by atoms with E-state index in [0.29, 0.717) is 11.7 Å². The van der Waals surface area contributed by atoms with Crippen molar-refractivity contribution in [3.63, 3.8) is 0 Å². The van der Waals surface area contributed by atoms with Crippen LogP contribution in [0.4, 0.5) is 11.8 Å². The molecule has 146 valence electrons. The Kier molecular flexibility index (Phi) is 5.52. The molecule has 0 unspecified atom stereocenters. The monoisotopic (exact) mass is 370 g/mol. The molecule has 8 nitrogen and oxygen atoms in total. The molecule has 4 heterocycles. The van der Waals surface area contributed by atoms with Crippen molar-refractivity contribution in [2.24, 2.45) is 5.92 Å². The lowest BCUT2D eigenvalue weighted by Crippen LogP contribution is -2.36. The molecule has 0 atom stereocenters. The van der Waals surface area contributed by atoms with Crippen LogP contribution in [-0.4, -0.2) is 56.0 Å². The summed E-state index contributed by atoms with van der Waals surface area (Å²) in [6, 6.07) is 0. The van der Waals surface area contributed by atoms with Crippen molar-refractivity contribution in [2.75, 3.05) is 36.8 Å². The van der Waals surface area contributed by atoms with Crippen LogP contribution in [0.3, 0.4) is 0 Å². The summed E-state index contributed by atoms with van der Waals surface area (Å²) in [4.78, 5) is 13.6. The molecule has 0 spiro atoms. The summed E-state index contributed by atoms with van der Waals surface area (Å²) < 4.78 is 2.03. The second-order valence-electron chi connectivity index (χ2n) is 7.94. The molecule has 0 saturated carbocycles. The average Bonchev–Trinajstić information content (AvgIpc) is 3.12. The van der Waals surface area contributed by atoms with E-state index in [1.54, 1.807) is 0 Å². The first-order valence-electron chi connectivity index (χ1n) is 10.1. The highest BCUT2D eigenvalue weighted by molar-refractivity contribution is 5.43. The van der Waals surface area contributed by atoms with Gasteiger partial charge in [0.1, 0.15) is 5.82 Å². The van der Waals surface area contributed by atoms with Gasteiger partial charge in [0.2, 0.25) is 5.95 Å². The molecule has 0 amide bonds. The van der Waals surface area contributed by atoms with Gasteiger partial charge >= 0.3 is 0 Å². The molecule has 2 aromatic rings. The normalized spacial score (nSPS) is 19.5. The largest absolute Gasteiger partial charge is 0.383 e. The standard InChI is InChI=1S/C19H30N8/c1-15-11-21-19(22-18(15)20)26-9-5-16(6-10-26)12-27-14-17(23-24-27)13-25-7-3-2-4-8-25/h11,14,16H,2-10,12-13H2,1H3,(H2,20,21,22). The third kappa shape index (κ3) is 4.55. The van der Waals surface area contributed by atoms with Gasteiger partial charge < -0.3 is 10.6 Å². The molecule has 0 bridgehead atoms. The van der Waals surface area contributed by atoms with Gasteiger partial charge in [-0.25, -0.2) is 4.98 Å². The van der Waals surface area contributed by atoms with Crippen LogP contribution in [0.2, 0.25) is 0 Å². The number of likely N-dealkylation sites (tertiary alicyclic amines) is 1. The van der Waals surface area contributed by atoms with Crippen molar-refractivity contribution >= 4 is 11.8 Å². The zero-order valence-electron chi connectivity index (χ0n) is 16.2. The molecule has 0 aliphatic carbocycles. The third-order valence-electron chi connectivity index (χ3n) is 5.76. The van der Waals surface area contributed by atoms with E-state index in [1.807, 2.05) is 17.8 Å². The Morgan fingerprint density at radius 1 is 1.11 bits per heavy atom. The maximum absolute atomic E-state index is 5.93. The van der Waals surface area contributed by atoms with Gasteiger partial charge in [-0.05, 0) is 51.6 Å². The molecule has 8 heteroatoms. The molecule has 0 radical (unpaired) electrons. The van der Waals surface area contributed by atoms with E-state index in [0.717, 1.165) is 56.2 Å². The van der Waals surface area contributed by atoms with Gasteiger partial charge in [0.25, 0.3) is 0 Å². The molecule has 2 aliphatic rings. The lowest BCUT2D eigenvalue weighted by atomic mass is 9.97. The molecule has 0 aromatic carbocycles. The summed E-state index contributed by atoms with van der Waals surface area (Å²) in [6.07, 6.45) is 10.1. The Balaban J connectivity index is 1.27. The maximum atomic E-state index is 5.93. The van der Waals surface area contributed by atoms with E-state index in [9.17, 15) is 0 Å². The lowest BCUT2D eigenvalue weighted by Gasteiger charge is -2.31. The molecule has 27 heavy (non-hydrogen) atoms. The summed E-state index contributed by atoms with van der Waals surface area (Å²) in [5.74, 6) is 1.95. The number of nitrogen functional groups attached to an aromatic ring is 1. The fraction of sp³-hybridized carbons (Fsp3) is 0.684. The van der Waals surface area contributed by atoms with Crippen LogP contribution in [-0.2, 0) is 13.1 Å². The van der Waals surface area contributed by atoms with Gasteiger partial charge in [-0.15, -0.1) is 5.10 Å². The van der Waals surface area contributed by atoms with Crippen LogP contribution in [0.5, 0.6) is 0 Å². The summed E-state index contributed by atoms with van der Waals surface area (Å²) in [6.45, 7) is 8.12. The minimum absolute atomic E-state index is 0.575. The topological polar surface area (TPSA) is 89.0 Å². The summed E-state index contributed by atoms with van der Waals surface area (Å²) in [5.41, 5.74) is 7.95. The quantitative estimate of drug-likeness (QED) is 0.859. The van der Waals surface area contributed by atoms with Gasteiger partial charge in [0, 0.05) is 44.1 Å². The number of aromatic nitrogens is 5. The number of nitrogens with two attached hydrogens (primary N) is 1. The maximum Gasteiger partial charge on any atom is 0.227 e. The minimum atomic E-state index is 0.575. The van der Waals surface area contributed by atoms with Crippen LogP contribution in [0.25, 0.3) is 0 Å². The second-order valence-corrected chi connectivity index (χ2v) is 7.94. The first-order valence-corrected chi connectivity index (χ1v) is 10.1. The molecular weight excluding hydrogens is 340 g/mol. The van der Waals surface area contributed by atoms with Crippen molar-refractivity contribution < 1.29 is 0 Å². The first-order chi connectivity index (χ1) is 13.2. The van der Waals surface area contributed by atoms with Gasteiger partial charge in [-0.2, -0.15) is 4.98 Å². The fourth-order valence-corrected chi connectivity index (χ4v) is 4.02. The van der Waals surface area contributed by atoms with Crippen molar-refractivity contribution in [3.8, 4) is 0 Å². The van der Waals surface area contributed by atoms with Crippen LogP contribution < -0.4 is 10.6 Å². The number of piperidine rings is 2. The number of rotatable bonds is 5. The zero-order chi connectivity index (χ0) is 18.6. The summed E-state index contributed by atoms with van der Waals surface area (Å²) in [5, 5.41) is 8.74. The van der Waals surface area contributed by atoms with Crippen LogP contribution >= 0.6 is 0 Å². The highest BCUT2D eigenvalue weighted by Crippen LogP contribution is 2.23. The minimum Gasteiger partial charge on any atom is -0.383 e. The number of anilines is 2. The summed E-state index contributed by atoms with van der Waals surface area (Å²) in [7, 11) is 0. The van der Waals surface area contributed by atoms with Crippen LogP contribution in [0.1, 0.15) is 43.4 Å². The van der Waals surface area contributed by atoms with Crippen LogP contribution in [0.15, 0.2) is 12.4 Å². The van der Waals surface area contributed by atoms with Crippen molar-refractivity contribution in [1.82, 2.24) is 29.9 Å². The van der Waals surface area contributed by atoms with Crippen molar-refractivity contribution in [2.45, 2.75) is 52.1 Å². The second kappa shape index (κ2) is 8.21. The molecule has 4 rings (SSSR count). The van der Waals surface area contributed by atoms with E-state index < -0.39 is 0 Å². The molecule has 2 saturated heterocycles. The smallest absolute Gasteiger partial charge is 0.227 e. The molecule has 2 fully saturated rings. The van der Waals surface area contributed by atoms with Gasteiger partial charge in [0.05, 0.1) is 5.69 Å². The highest BCUT2D eigenvalue weighted by Gasteiger charge is 2.22. The van der Waals surface area contributed by atoms with Crippen molar-refractivity contribution in [3.05, 3.63) is 23.7 Å². The van der Waals surface area contributed by atoms with E-state index >= 15 is 0 Å². The molecule has 2 aromatic heterocycles. The SMILES string of the molecule is Cc1cnc(N2CCC(Cn3cc(CN4CCCCC4)nn3)CC2)nc1N. The fourth-order valence-electron chi connectivity index (χ4n) is 4.02. The molecule has 2 aliphatic heterocycles. The Hall–Kier alpha value is -2.22. The van der Waals surface area contributed by atoms with Gasteiger partial charge in [-0.1, -0.05) is 11.6 Å². The number of aryl methyl sites for hydroxylation is 1. The van der Waals surface area contributed by atoms with Crippen LogP contribution in [0, 0.1) is 12.8 Å². The number of hydrogen-bond acceptors (Lipinski definition) is 7. The zero-order valence-corrected chi connectivity index (χ0v) is 16.2. The first kappa shape index (κ1) is 18.2. The third-order valence-corrected chi connectivity index (χ3v) is 5.76. The Morgan fingerprint density at radius 3 is 2.63 bits per heavy atom. The van der Waals surface area contributed by atoms with E-state index in [1.165, 1.54) is 32.4 Å². The molecule has 2 N–H and O–H groups in total. The lowest BCUT2D eigenvalue weighted by molar-refractivity contribution is 0.218. The van der Waals surface area contributed by atoms with E-state index in [4.69, 9.17) is 5.73 Å². The van der Waals surface area contributed by atoms with E-state index in [-0.39, 0.29) is 0 Å². The van der Waals surface area contributed by atoms with Gasteiger partial charge in [-0.3, -0.25) is 9.58 Å². The average molecular weight is 371 g/mol. The number of hydrogen-bond donors (Lipinski definition) is 1. The number of nitrogens with zero attached hydrogens (tertiary/aromatic N) is 7.